The van der Waals surface area contributed by atoms with Gasteiger partial charge in [0.2, 0.25) is 5.91 Å². The molecule has 4 heteroatoms. The first-order valence-electron chi connectivity index (χ1n) is 6.39. The van der Waals surface area contributed by atoms with Crippen LogP contribution >= 0.6 is 23.2 Å². The zero-order valence-electron chi connectivity index (χ0n) is 9.96. The van der Waals surface area contributed by atoms with Gasteiger partial charge in [0.05, 0.1) is 10.7 Å². The van der Waals surface area contributed by atoms with E-state index < -0.39 is 0 Å². The maximum atomic E-state index is 12.2. The molecular weight excluding hydrogens is 269 g/mol. The third kappa shape index (κ3) is 2.24. The largest absolute Gasteiger partial charge is 0.325 e. The zero-order chi connectivity index (χ0) is 12.7. The molecule has 2 nitrogen and oxygen atoms in total. The number of amides is 1. The summed E-state index contributed by atoms with van der Waals surface area (Å²) in [5, 5.41) is 4.02. The van der Waals surface area contributed by atoms with Crippen LogP contribution in [0.4, 0.5) is 5.69 Å². The Morgan fingerprint density at radius 2 is 2.06 bits per heavy atom. The standard InChI is InChI=1S/C14H15Cl2NO/c15-10-3-4-13(12(16)7-10)17-14(18)11-6-8-1-2-9(11)5-8/h3-4,7-9,11H,1-2,5-6H2,(H,17,18). The van der Waals surface area contributed by atoms with Gasteiger partial charge < -0.3 is 5.32 Å². The predicted octanol–water partition coefficient (Wildman–Crippen LogP) is 4.37. The summed E-state index contributed by atoms with van der Waals surface area (Å²) in [6.45, 7) is 0. The predicted molar refractivity (Wildman–Crippen MR) is 74.0 cm³/mol. The molecule has 2 saturated carbocycles. The van der Waals surface area contributed by atoms with Gasteiger partial charge in [-0.05, 0) is 49.3 Å². The Bertz CT molecular complexity index is 489. The first kappa shape index (κ1) is 12.3. The summed E-state index contributed by atoms with van der Waals surface area (Å²) in [6, 6.07) is 5.15. The summed E-state index contributed by atoms with van der Waals surface area (Å²) in [4.78, 5) is 12.2. The highest BCUT2D eigenvalue weighted by Crippen LogP contribution is 2.48. The van der Waals surface area contributed by atoms with E-state index in [4.69, 9.17) is 23.2 Å². The molecule has 0 aliphatic heterocycles. The van der Waals surface area contributed by atoms with E-state index in [9.17, 15) is 4.79 Å². The molecule has 0 radical (unpaired) electrons. The van der Waals surface area contributed by atoms with Gasteiger partial charge in [-0.25, -0.2) is 0 Å². The highest BCUT2D eigenvalue weighted by atomic mass is 35.5. The number of hydrogen-bond acceptors (Lipinski definition) is 1. The number of carbonyl (C=O) groups excluding carboxylic acids is 1. The van der Waals surface area contributed by atoms with Gasteiger partial charge in [-0.3, -0.25) is 4.79 Å². The van der Waals surface area contributed by atoms with Crippen molar-refractivity contribution in [2.75, 3.05) is 5.32 Å². The molecule has 1 amide bonds. The monoisotopic (exact) mass is 283 g/mol. The lowest BCUT2D eigenvalue weighted by Crippen LogP contribution is -2.27. The number of halogens is 2. The third-order valence-corrected chi connectivity index (χ3v) is 4.81. The number of hydrogen-bond donors (Lipinski definition) is 1. The van der Waals surface area contributed by atoms with Crippen molar-refractivity contribution >= 4 is 34.8 Å². The van der Waals surface area contributed by atoms with Crippen LogP contribution in [0.25, 0.3) is 0 Å². The van der Waals surface area contributed by atoms with Crippen LogP contribution in [0.5, 0.6) is 0 Å². The molecule has 18 heavy (non-hydrogen) atoms. The fraction of sp³-hybridized carbons (Fsp3) is 0.500. The Morgan fingerprint density at radius 1 is 1.22 bits per heavy atom. The van der Waals surface area contributed by atoms with Crippen molar-refractivity contribution < 1.29 is 4.79 Å². The zero-order valence-corrected chi connectivity index (χ0v) is 11.5. The normalized spacial score (nSPS) is 29.6. The van der Waals surface area contributed by atoms with E-state index in [1.54, 1.807) is 18.2 Å². The number of carbonyl (C=O) groups is 1. The maximum absolute atomic E-state index is 12.2. The maximum Gasteiger partial charge on any atom is 0.227 e. The number of fused-ring (bicyclic) bond motifs is 2. The van der Waals surface area contributed by atoms with Crippen molar-refractivity contribution in [1.82, 2.24) is 0 Å². The van der Waals surface area contributed by atoms with Gasteiger partial charge in [-0.1, -0.05) is 29.6 Å². The summed E-state index contributed by atoms with van der Waals surface area (Å²) in [6.07, 6.45) is 4.78. The molecule has 2 bridgehead atoms. The molecule has 2 aliphatic rings. The highest BCUT2D eigenvalue weighted by Gasteiger charge is 2.43. The van der Waals surface area contributed by atoms with Crippen molar-refractivity contribution in [3.05, 3.63) is 28.2 Å². The van der Waals surface area contributed by atoms with Crippen molar-refractivity contribution in [2.45, 2.75) is 25.7 Å². The van der Waals surface area contributed by atoms with Crippen LogP contribution in [-0.2, 0) is 4.79 Å². The van der Waals surface area contributed by atoms with E-state index in [1.807, 2.05) is 0 Å². The number of anilines is 1. The Balaban J connectivity index is 1.71. The molecule has 96 valence electrons. The van der Waals surface area contributed by atoms with Crippen LogP contribution < -0.4 is 5.32 Å². The van der Waals surface area contributed by atoms with E-state index in [2.05, 4.69) is 5.32 Å². The molecule has 3 unspecified atom stereocenters. The molecule has 1 N–H and O–H groups in total. The first-order chi connectivity index (χ1) is 8.63. The lowest BCUT2D eigenvalue weighted by Gasteiger charge is -2.21. The molecule has 2 fully saturated rings. The van der Waals surface area contributed by atoms with Crippen molar-refractivity contribution in [2.24, 2.45) is 17.8 Å². The van der Waals surface area contributed by atoms with Crippen molar-refractivity contribution in [3.8, 4) is 0 Å². The fourth-order valence-corrected chi connectivity index (χ4v) is 3.84. The van der Waals surface area contributed by atoms with Gasteiger partial charge in [0.15, 0.2) is 0 Å². The number of benzene rings is 1. The van der Waals surface area contributed by atoms with Gasteiger partial charge in [-0.15, -0.1) is 0 Å². The van der Waals surface area contributed by atoms with Crippen molar-refractivity contribution in [1.29, 1.82) is 0 Å². The summed E-state index contributed by atoms with van der Waals surface area (Å²) in [5.74, 6) is 1.65. The molecule has 0 heterocycles. The number of nitrogens with one attached hydrogen (secondary N) is 1. The van der Waals surface area contributed by atoms with Gasteiger partial charge in [0, 0.05) is 10.9 Å². The Hall–Kier alpha value is -0.730. The van der Waals surface area contributed by atoms with Crippen LogP contribution in [-0.4, -0.2) is 5.91 Å². The summed E-state index contributed by atoms with van der Waals surface area (Å²) >= 11 is 11.9. The molecule has 3 rings (SSSR count). The van der Waals surface area contributed by atoms with Gasteiger partial charge in [-0.2, -0.15) is 0 Å². The van der Waals surface area contributed by atoms with Crippen LogP contribution in [0.1, 0.15) is 25.7 Å². The average molecular weight is 284 g/mol. The molecule has 0 saturated heterocycles. The lowest BCUT2D eigenvalue weighted by molar-refractivity contribution is -0.121. The quantitative estimate of drug-likeness (QED) is 0.858. The Kier molecular flexibility index (Phi) is 3.25. The topological polar surface area (TPSA) is 29.1 Å². The first-order valence-corrected chi connectivity index (χ1v) is 7.15. The molecule has 3 atom stereocenters. The summed E-state index contributed by atoms with van der Waals surface area (Å²) < 4.78 is 0. The summed E-state index contributed by atoms with van der Waals surface area (Å²) in [7, 11) is 0. The van der Waals surface area contributed by atoms with E-state index >= 15 is 0 Å². The molecular formula is C14H15Cl2NO. The summed E-state index contributed by atoms with van der Waals surface area (Å²) in [5.41, 5.74) is 0.661. The third-order valence-electron chi connectivity index (χ3n) is 4.26. The van der Waals surface area contributed by atoms with Crippen LogP contribution in [0.2, 0.25) is 10.0 Å². The van der Waals surface area contributed by atoms with E-state index in [-0.39, 0.29) is 11.8 Å². The second-order valence-electron chi connectivity index (χ2n) is 5.39. The lowest BCUT2D eigenvalue weighted by atomic mass is 9.88. The SMILES string of the molecule is O=C(Nc1ccc(Cl)cc1Cl)C1CC2CCC1C2. The average Bonchev–Trinajstić information content (AvgIpc) is 2.94. The Labute approximate surface area is 117 Å². The smallest absolute Gasteiger partial charge is 0.227 e. The molecule has 0 aromatic heterocycles. The second-order valence-corrected chi connectivity index (χ2v) is 6.24. The second kappa shape index (κ2) is 4.75. The minimum atomic E-state index is 0.117. The minimum Gasteiger partial charge on any atom is -0.325 e. The fourth-order valence-electron chi connectivity index (χ4n) is 3.38. The van der Waals surface area contributed by atoms with Crippen LogP contribution in [0, 0.1) is 17.8 Å². The van der Waals surface area contributed by atoms with Crippen LogP contribution in [0.15, 0.2) is 18.2 Å². The molecule has 1 aromatic rings. The highest BCUT2D eigenvalue weighted by molar-refractivity contribution is 6.36. The number of rotatable bonds is 2. The van der Waals surface area contributed by atoms with Gasteiger partial charge >= 0.3 is 0 Å². The minimum absolute atomic E-state index is 0.117. The molecule has 0 spiro atoms. The van der Waals surface area contributed by atoms with E-state index in [0.717, 1.165) is 12.3 Å². The molecule has 1 aromatic carbocycles. The van der Waals surface area contributed by atoms with Crippen molar-refractivity contribution in [3.63, 3.8) is 0 Å². The van der Waals surface area contributed by atoms with Gasteiger partial charge in [0.1, 0.15) is 0 Å². The Morgan fingerprint density at radius 3 is 2.67 bits per heavy atom. The van der Waals surface area contributed by atoms with Crippen LogP contribution in [0.3, 0.4) is 0 Å². The van der Waals surface area contributed by atoms with Gasteiger partial charge in [0.25, 0.3) is 0 Å². The van der Waals surface area contributed by atoms with E-state index in [1.165, 1.54) is 19.3 Å². The molecule has 2 aliphatic carbocycles. The van der Waals surface area contributed by atoms with E-state index in [0.29, 0.717) is 21.7 Å².